The van der Waals surface area contributed by atoms with Crippen molar-refractivity contribution in [3.8, 4) is 5.69 Å². The van der Waals surface area contributed by atoms with Crippen molar-refractivity contribution < 1.29 is 0 Å². The van der Waals surface area contributed by atoms with Gasteiger partial charge >= 0.3 is 0 Å². The largest absolute Gasteiger partial charge is 0.301 e. The summed E-state index contributed by atoms with van der Waals surface area (Å²) in [5, 5.41) is 10.5. The lowest BCUT2D eigenvalue weighted by Gasteiger charge is -2.21. The van der Waals surface area contributed by atoms with E-state index in [1.807, 2.05) is 37.3 Å². The standard InChI is InChI=1S/C21H21N5OS2/c1-13(2)12-28-21-23-22-20-25(14-7-5-4-6-8-14)18(27)17-15-9-10-24(3)11-16(15)29-19(17)26(20)21/h4-8H,1,9-12H2,2-3H3. The van der Waals surface area contributed by atoms with Gasteiger partial charge in [-0.25, -0.2) is 8.97 Å². The van der Waals surface area contributed by atoms with Gasteiger partial charge in [0.1, 0.15) is 4.83 Å². The highest BCUT2D eigenvalue weighted by atomic mass is 32.2. The van der Waals surface area contributed by atoms with Gasteiger partial charge in [-0.05, 0) is 38.1 Å². The Labute approximate surface area is 176 Å². The summed E-state index contributed by atoms with van der Waals surface area (Å²) in [5.74, 6) is 1.32. The van der Waals surface area contributed by atoms with Gasteiger partial charge in [-0.15, -0.1) is 21.5 Å². The monoisotopic (exact) mass is 423 g/mol. The number of hydrogen-bond acceptors (Lipinski definition) is 6. The lowest BCUT2D eigenvalue weighted by atomic mass is 10.1. The van der Waals surface area contributed by atoms with Crippen LogP contribution in [0.15, 0.2) is 52.4 Å². The third kappa shape index (κ3) is 3.02. The van der Waals surface area contributed by atoms with E-state index in [-0.39, 0.29) is 5.56 Å². The topological polar surface area (TPSA) is 55.4 Å². The summed E-state index contributed by atoms with van der Waals surface area (Å²) in [4.78, 5) is 18.2. The Hall–Kier alpha value is -2.42. The summed E-state index contributed by atoms with van der Waals surface area (Å²) in [6, 6.07) is 9.70. The molecule has 0 amide bonds. The Morgan fingerprint density at radius 2 is 2.07 bits per heavy atom. The predicted octanol–water partition coefficient (Wildman–Crippen LogP) is 3.75. The van der Waals surface area contributed by atoms with Crippen LogP contribution in [0.4, 0.5) is 0 Å². The molecule has 4 aromatic rings. The van der Waals surface area contributed by atoms with Gasteiger partial charge < -0.3 is 4.90 Å². The highest BCUT2D eigenvalue weighted by Crippen LogP contribution is 2.35. The molecule has 0 unspecified atom stereocenters. The maximum Gasteiger partial charge on any atom is 0.268 e. The van der Waals surface area contributed by atoms with Crippen LogP contribution in [0.2, 0.25) is 0 Å². The number of thioether (sulfide) groups is 1. The normalized spacial score (nSPS) is 14.6. The number of likely N-dealkylation sites (N-methyl/N-ethyl adjacent to an activating group) is 1. The summed E-state index contributed by atoms with van der Waals surface area (Å²) in [5.41, 5.74) is 3.06. The van der Waals surface area contributed by atoms with Gasteiger partial charge in [-0.2, -0.15) is 0 Å². The first kappa shape index (κ1) is 18.6. The molecule has 0 saturated carbocycles. The Bertz CT molecular complexity index is 1300. The van der Waals surface area contributed by atoms with Gasteiger partial charge in [-0.1, -0.05) is 42.1 Å². The average Bonchev–Trinajstić information content (AvgIpc) is 3.28. The van der Waals surface area contributed by atoms with Gasteiger partial charge in [0.25, 0.3) is 5.56 Å². The molecule has 0 radical (unpaired) electrons. The molecule has 1 aliphatic rings. The van der Waals surface area contributed by atoms with E-state index in [9.17, 15) is 4.79 Å². The Kier molecular flexibility index (Phi) is 4.57. The van der Waals surface area contributed by atoms with Crippen LogP contribution in [0, 0.1) is 0 Å². The molecule has 0 N–H and O–H groups in total. The molecule has 0 bridgehead atoms. The number of fused-ring (bicyclic) bond motifs is 5. The van der Waals surface area contributed by atoms with Crippen LogP contribution >= 0.6 is 23.1 Å². The van der Waals surface area contributed by atoms with Crippen molar-refractivity contribution in [3.05, 3.63) is 63.3 Å². The number of nitrogens with zero attached hydrogens (tertiary/aromatic N) is 5. The molecule has 0 atom stereocenters. The van der Waals surface area contributed by atoms with E-state index in [0.29, 0.717) is 5.78 Å². The molecule has 5 rings (SSSR count). The zero-order chi connectivity index (χ0) is 20.1. The van der Waals surface area contributed by atoms with Crippen LogP contribution in [-0.2, 0) is 13.0 Å². The molecule has 4 heterocycles. The molecule has 29 heavy (non-hydrogen) atoms. The molecular formula is C21H21N5OS2. The number of hydrogen-bond donors (Lipinski definition) is 0. The Morgan fingerprint density at radius 1 is 1.28 bits per heavy atom. The number of aromatic nitrogens is 4. The van der Waals surface area contributed by atoms with Gasteiger partial charge in [0.05, 0.1) is 11.1 Å². The lowest BCUT2D eigenvalue weighted by molar-refractivity contribution is 0.318. The van der Waals surface area contributed by atoms with Gasteiger partial charge in [-0.3, -0.25) is 4.79 Å². The fraction of sp³-hybridized carbons (Fsp3) is 0.286. The minimum Gasteiger partial charge on any atom is -0.301 e. The van der Waals surface area contributed by atoms with Crippen molar-refractivity contribution in [3.63, 3.8) is 0 Å². The van der Waals surface area contributed by atoms with Crippen molar-refractivity contribution >= 4 is 39.1 Å². The molecule has 0 aliphatic carbocycles. The quantitative estimate of drug-likeness (QED) is 0.370. The minimum atomic E-state index is -0.00963. The highest BCUT2D eigenvalue weighted by Gasteiger charge is 2.26. The number of para-hydroxylation sites is 1. The zero-order valence-corrected chi connectivity index (χ0v) is 18.0. The fourth-order valence-corrected chi connectivity index (χ4v) is 6.02. The molecule has 1 aromatic carbocycles. The maximum atomic E-state index is 13.7. The molecule has 148 valence electrons. The van der Waals surface area contributed by atoms with Crippen molar-refractivity contribution in [1.29, 1.82) is 0 Å². The summed E-state index contributed by atoms with van der Waals surface area (Å²) >= 11 is 3.30. The van der Waals surface area contributed by atoms with E-state index in [1.165, 1.54) is 10.4 Å². The van der Waals surface area contributed by atoms with E-state index >= 15 is 0 Å². The summed E-state index contributed by atoms with van der Waals surface area (Å²) in [6.45, 7) is 7.84. The first-order valence-corrected chi connectivity index (χ1v) is 11.3. The first-order chi connectivity index (χ1) is 14.0. The van der Waals surface area contributed by atoms with Crippen LogP contribution in [0.5, 0.6) is 0 Å². The molecule has 0 fully saturated rings. The Morgan fingerprint density at radius 3 is 2.83 bits per heavy atom. The van der Waals surface area contributed by atoms with Crippen molar-refractivity contribution in [2.24, 2.45) is 0 Å². The van der Waals surface area contributed by atoms with Crippen LogP contribution in [-0.4, -0.2) is 43.4 Å². The fourth-order valence-electron chi connectivity index (χ4n) is 3.77. The number of rotatable bonds is 4. The second-order valence-corrected chi connectivity index (χ2v) is 9.54. The first-order valence-electron chi connectivity index (χ1n) is 9.50. The third-order valence-corrected chi connectivity index (χ3v) is 7.49. The van der Waals surface area contributed by atoms with Gasteiger partial charge in [0.15, 0.2) is 5.16 Å². The van der Waals surface area contributed by atoms with Crippen molar-refractivity contribution in [2.75, 3.05) is 19.3 Å². The second-order valence-electron chi connectivity index (χ2n) is 7.51. The minimum absolute atomic E-state index is 0.00963. The smallest absolute Gasteiger partial charge is 0.268 e. The SMILES string of the molecule is C=C(C)CSc1nnc2n(-c3ccccc3)c(=O)c3c4c(sc3n12)CN(C)CC4. The summed E-state index contributed by atoms with van der Waals surface area (Å²) in [6.07, 6.45) is 0.887. The van der Waals surface area contributed by atoms with Gasteiger partial charge in [0, 0.05) is 23.7 Å². The summed E-state index contributed by atoms with van der Waals surface area (Å²) in [7, 11) is 2.12. The van der Waals surface area contributed by atoms with E-state index in [2.05, 4.69) is 33.1 Å². The molecule has 6 nitrogen and oxygen atoms in total. The van der Waals surface area contributed by atoms with Crippen LogP contribution in [0.25, 0.3) is 21.7 Å². The van der Waals surface area contributed by atoms with Crippen molar-refractivity contribution in [2.45, 2.75) is 25.0 Å². The summed E-state index contributed by atoms with van der Waals surface area (Å²) < 4.78 is 3.76. The van der Waals surface area contributed by atoms with Crippen LogP contribution in [0.3, 0.4) is 0 Å². The van der Waals surface area contributed by atoms with Crippen LogP contribution in [0.1, 0.15) is 17.4 Å². The molecule has 3 aromatic heterocycles. The Balaban J connectivity index is 1.88. The van der Waals surface area contributed by atoms with E-state index < -0.39 is 0 Å². The molecule has 0 saturated heterocycles. The third-order valence-electron chi connectivity index (χ3n) is 5.13. The van der Waals surface area contributed by atoms with E-state index in [4.69, 9.17) is 0 Å². The average molecular weight is 424 g/mol. The molecule has 0 spiro atoms. The zero-order valence-electron chi connectivity index (χ0n) is 16.4. The lowest BCUT2D eigenvalue weighted by Crippen LogP contribution is -2.27. The van der Waals surface area contributed by atoms with Gasteiger partial charge in [0.2, 0.25) is 5.78 Å². The number of benzene rings is 1. The predicted molar refractivity (Wildman–Crippen MR) is 120 cm³/mol. The van der Waals surface area contributed by atoms with E-state index in [1.54, 1.807) is 27.7 Å². The second kappa shape index (κ2) is 7.12. The van der Waals surface area contributed by atoms with Crippen molar-refractivity contribution in [1.82, 2.24) is 24.1 Å². The molecule has 1 aliphatic heterocycles. The molecular weight excluding hydrogens is 402 g/mol. The highest BCUT2D eigenvalue weighted by molar-refractivity contribution is 7.99. The van der Waals surface area contributed by atoms with E-state index in [0.717, 1.165) is 51.9 Å². The molecule has 8 heteroatoms. The maximum absolute atomic E-state index is 13.7. The number of thiophene rings is 1. The van der Waals surface area contributed by atoms with Crippen LogP contribution < -0.4 is 5.56 Å².